The number of rotatable bonds is 3. The summed E-state index contributed by atoms with van der Waals surface area (Å²) in [7, 11) is -3.69. The highest BCUT2D eigenvalue weighted by Gasteiger charge is 2.33. The molecule has 2 aromatic carbocycles. The number of amides is 1. The molecular formula is C17H15BrN2O3S. The largest absolute Gasteiger partial charge is 0.312 e. The van der Waals surface area contributed by atoms with Gasteiger partial charge in [-0.25, -0.2) is 8.42 Å². The molecule has 2 aliphatic heterocycles. The molecule has 0 spiro atoms. The van der Waals surface area contributed by atoms with E-state index < -0.39 is 10.0 Å². The van der Waals surface area contributed by atoms with Crippen molar-refractivity contribution in [1.29, 1.82) is 0 Å². The number of halogens is 1. The Morgan fingerprint density at radius 3 is 2.54 bits per heavy atom. The van der Waals surface area contributed by atoms with Gasteiger partial charge >= 0.3 is 0 Å². The second-order valence-corrected chi connectivity index (χ2v) is 8.63. The van der Waals surface area contributed by atoms with Crippen LogP contribution in [0, 0.1) is 0 Å². The third-order valence-electron chi connectivity index (χ3n) is 4.39. The first kappa shape index (κ1) is 15.7. The molecule has 4 rings (SSSR count). The van der Waals surface area contributed by atoms with Gasteiger partial charge in [0.15, 0.2) is 0 Å². The number of hydrogen-bond acceptors (Lipinski definition) is 3. The third-order valence-corrected chi connectivity index (χ3v) is 6.28. The normalized spacial score (nSPS) is 16.2. The average molecular weight is 407 g/mol. The Kier molecular flexibility index (Phi) is 3.65. The molecule has 1 N–H and O–H groups in total. The quantitative estimate of drug-likeness (QED) is 0.851. The number of sulfonamides is 1. The van der Waals surface area contributed by atoms with Gasteiger partial charge in [-0.2, -0.15) is 0 Å². The van der Waals surface area contributed by atoms with Crippen molar-refractivity contribution in [1.82, 2.24) is 0 Å². The summed E-state index contributed by atoms with van der Waals surface area (Å²) in [6.07, 6.45) is 1.94. The van der Waals surface area contributed by atoms with Crippen LogP contribution in [0.25, 0.3) is 0 Å². The molecule has 0 atom stereocenters. The minimum atomic E-state index is -3.69. The molecule has 0 aliphatic carbocycles. The van der Waals surface area contributed by atoms with Crippen LogP contribution in [0.15, 0.2) is 45.8 Å². The summed E-state index contributed by atoms with van der Waals surface area (Å²) in [5.74, 6) is 0.0568. The summed E-state index contributed by atoms with van der Waals surface area (Å²) >= 11 is 3.33. The van der Waals surface area contributed by atoms with E-state index in [0.717, 1.165) is 40.7 Å². The van der Waals surface area contributed by atoms with Crippen molar-refractivity contribution in [3.63, 3.8) is 0 Å². The van der Waals surface area contributed by atoms with E-state index in [1.54, 1.807) is 41.3 Å². The standard InChI is InChI=1S/C17H15BrN2O3S/c18-13-3-5-14(6-4-13)19-24(22,23)15-8-11-2-1-7-20-16(21)10-12(9-15)17(11)20/h3-6,8-9,19H,1-2,7,10H2. The summed E-state index contributed by atoms with van der Waals surface area (Å²) < 4.78 is 28.9. The second kappa shape index (κ2) is 5.60. The monoisotopic (exact) mass is 406 g/mol. The lowest BCUT2D eigenvalue weighted by atomic mass is 10.0. The van der Waals surface area contributed by atoms with Crippen molar-refractivity contribution in [3.8, 4) is 0 Å². The van der Waals surface area contributed by atoms with Crippen molar-refractivity contribution >= 4 is 43.2 Å². The minimum Gasteiger partial charge on any atom is -0.312 e. The molecule has 0 saturated carbocycles. The van der Waals surface area contributed by atoms with Crippen LogP contribution in [0.2, 0.25) is 0 Å². The van der Waals surface area contributed by atoms with Crippen LogP contribution in [0.5, 0.6) is 0 Å². The Labute approximate surface area is 148 Å². The lowest BCUT2D eigenvalue weighted by Crippen LogP contribution is -2.31. The van der Waals surface area contributed by atoms with Gasteiger partial charge in [0.05, 0.1) is 17.0 Å². The number of nitrogens with zero attached hydrogens (tertiary/aromatic N) is 1. The van der Waals surface area contributed by atoms with E-state index in [1.807, 2.05) is 0 Å². The van der Waals surface area contributed by atoms with Crippen molar-refractivity contribution in [2.75, 3.05) is 16.2 Å². The number of carbonyl (C=O) groups is 1. The number of anilines is 2. The van der Waals surface area contributed by atoms with Gasteiger partial charge in [0.1, 0.15) is 0 Å². The lowest BCUT2D eigenvalue weighted by Gasteiger charge is -2.26. The van der Waals surface area contributed by atoms with Crippen LogP contribution >= 0.6 is 15.9 Å². The molecule has 0 radical (unpaired) electrons. The van der Waals surface area contributed by atoms with E-state index in [2.05, 4.69) is 20.7 Å². The highest BCUT2D eigenvalue weighted by Crippen LogP contribution is 2.38. The summed E-state index contributed by atoms with van der Waals surface area (Å²) in [5.41, 5.74) is 3.19. The van der Waals surface area contributed by atoms with Gasteiger partial charge < -0.3 is 4.90 Å². The van der Waals surface area contributed by atoms with Crippen LogP contribution in [0.3, 0.4) is 0 Å². The molecule has 7 heteroatoms. The fraction of sp³-hybridized carbons (Fsp3) is 0.235. The van der Waals surface area contributed by atoms with E-state index >= 15 is 0 Å². The number of carbonyl (C=O) groups excluding carboxylic acids is 1. The van der Waals surface area contributed by atoms with Crippen LogP contribution in [-0.2, 0) is 27.7 Å². The maximum absolute atomic E-state index is 12.7. The van der Waals surface area contributed by atoms with Gasteiger partial charge in [-0.05, 0) is 60.4 Å². The molecule has 124 valence electrons. The molecule has 1 amide bonds. The van der Waals surface area contributed by atoms with Gasteiger partial charge in [0, 0.05) is 16.7 Å². The summed E-state index contributed by atoms with van der Waals surface area (Å²) in [5, 5.41) is 0. The molecule has 24 heavy (non-hydrogen) atoms. The molecule has 5 nitrogen and oxygen atoms in total. The Bertz CT molecular complexity index is 939. The average Bonchev–Trinajstić information content (AvgIpc) is 2.87. The predicted octanol–water partition coefficient (Wildman–Crippen LogP) is 3.09. The van der Waals surface area contributed by atoms with Crippen molar-refractivity contribution < 1.29 is 13.2 Å². The van der Waals surface area contributed by atoms with Gasteiger partial charge in [-0.3, -0.25) is 9.52 Å². The van der Waals surface area contributed by atoms with Gasteiger partial charge in [0.2, 0.25) is 5.91 Å². The zero-order chi connectivity index (χ0) is 16.9. The number of hydrogen-bond donors (Lipinski definition) is 1. The Morgan fingerprint density at radius 2 is 1.79 bits per heavy atom. The lowest BCUT2D eigenvalue weighted by molar-refractivity contribution is -0.117. The van der Waals surface area contributed by atoms with Crippen molar-refractivity contribution in [2.24, 2.45) is 0 Å². The molecule has 0 aromatic heterocycles. The molecule has 2 aromatic rings. The Morgan fingerprint density at radius 1 is 1.08 bits per heavy atom. The molecule has 2 heterocycles. The van der Waals surface area contributed by atoms with Gasteiger partial charge in [-0.15, -0.1) is 0 Å². The van der Waals surface area contributed by atoms with Crippen LogP contribution < -0.4 is 9.62 Å². The fourth-order valence-electron chi connectivity index (χ4n) is 3.33. The Balaban J connectivity index is 1.73. The summed E-state index contributed by atoms with van der Waals surface area (Å²) in [6.45, 7) is 0.724. The van der Waals surface area contributed by atoms with Crippen LogP contribution in [0.1, 0.15) is 17.5 Å². The molecule has 0 fully saturated rings. The topological polar surface area (TPSA) is 66.5 Å². The molecular weight excluding hydrogens is 392 g/mol. The predicted molar refractivity (Wildman–Crippen MR) is 95.8 cm³/mol. The van der Waals surface area contributed by atoms with Crippen molar-refractivity contribution in [3.05, 3.63) is 52.0 Å². The van der Waals surface area contributed by atoms with Crippen LogP contribution in [0.4, 0.5) is 11.4 Å². The molecule has 0 saturated heterocycles. The summed E-state index contributed by atoms with van der Waals surface area (Å²) in [4.78, 5) is 14.1. The summed E-state index contributed by atoms with van der Waals surface area (Å²) in [6, 6.07) is 10.3. The zero-order valence-corrected chi connectivity index (χ0v) is 15.2. The molecule has 0 unspecified atom stereocenters. The highest BCUT2D eigenvalue weighted by atomic mass is 79.9. The van der Waals surface area contributed by atoms with E-state index in [0.29, 0.717) is 5.69 Å². The zero-order valence-electron chi connectivity index (χ0n) is 12.8. The van der Waals surface area contributed by atoms with E-state index in [-0.39, 0.29) is 17.2 Å². The number of benzene rings is 2. The first-order valence-corrected chi connectivity index (χ1v) is 9.96. The fourth-order valence-corrected chi connectivity index (χ4v) is 4.76. The second-order valence-electron chi connectivity index (χ2n) is 6.03. The minimum absolute atomic E-state index is 0.0568. The van der Waals surface area contributed by atoms with E-state index in [1.165, 1.54) is 0 Å². The number of aryl methyl sites for hydroxylation is 1. The van der Waals surface area contributed by atoms with Crippen LogP contribution in [-0.4, -0.2) is 20.9 Å². The van der Waals surface area contributed by atoms with E-state index in [9.17, 15) is 13.2 Å². The van der Waals surface area contributed by atoms with Gasteiger partial charge in [0.25, 0.3) is 10.0 Å². The first-order chi connectivity index (χ1) is 11.4. The molecule has 0 bridgehead atoms. The highest BCUT2D eigenvalue weighted by molar-refractivity contribution is 9.10. The first-order valence-electron chi connectivity index (χ1n) is 7.68. The van der Waals surface area contributed by atoms with Crippen molar-refractivity contribution in [2.45, 2.75) is 24.2 Å². The maximum atomic E-state index is 12.7. The SMILES string of the molecule is O=C1Cc2cc(S(=O)(=O)Nc3ccc(Br)cc3)cc3c2N1CCC3. The smallest absolute Gasteiger partial charge is 0.261 e. The molecule has 2 aliphatic rings. The van der Waals surface area contributed by atoms with Gasteiger partial charge in [-0.1, -0.05) is 15.9 Å². The van der Waals surface area contributed by atoms with E-state index in [4.69, 9.17) is 0 Å². The number of nitrogens with one attached hydrogen (secondary N) is 1. The third kappa shape index (κ3) is 2.61. The Hall–Kier alpha value is -1.86. The maximum Gasteiger partial charge on any atom is 0.261 e.